The van der Waals surface area contributed by atoms with Gasteiger partial charge in [-0.15, -0.1) is 0 Å². The molecule has 0 bridgehead atoms. The number of hydrogen-bond acceptors (Lipinski definition) is 3. The van der Waals surface area contributed by atoms with Gasteiger partial charge >= 0.3 is 12.2 Å². The van der Waals surface area contributed by atoms with Crippen molar-refractivity contribution in [1.29, 1.82) is 0 Å². The zero-order valence-corrected chi connectivity index (χ0v) is 17.5. The highest BCUT2D eigenvalue weighted by Gasteiger charge is 2.50. The van der Waals surface area contributed by atoms with E-state index in [1.54, 1.807) is 12.0 Å². The highest BCUT2D eigenvalue weighted by atomic mass is 35.5. The van der Waals surface area contributed by atoms with Crippen molar-refractivity contribution in [3.63, 3.8) is 0 Å². The summed E-state index contributed by atoms with van der Waals surface area (Å²) in [6.07, 6.45) is -3.59. The average molecular weight is 455 g/mol. The summed E-state index contributed by atoms with van der Waals surface area (Å²) in [5.41, 5.74) is -1.15. The first-order valence-electron chi connectivity index (χ1n) is 9.88. The van der Waals surface area contributed by atoms with Crippen LogP contribution in [0.3, 0.4) is 0 Å². The molecule has 1 saturated carbocycles. The zero-order chi connectivity index (χ0) is 22.4. The molecule has 9 heteroatoms. The maximum absolute atomic E-state index is 13.0. The summed E-state index contributed by atoms with van der Waals surface area (Å²) in [5, 5.41) is 13.3. The Morgan fingerprint density at radius 2 is 1.87 bits per heavy atom. The number of ether oxygens (including phenoxy) is 1. The van der Waals surface area contributed by atoms with Crippen molar-refractivity contribution in [2.75, 3.05) is 25.5 Å². The molecule has 2 aromatic carbocycles. The van der Waals surface area contributed by atoms with Crippen LogP contribution in [0.15, 0.2) is 42.5 Å². The Labute approximate surface area is 182 Å². The predicted molar refractivity (Wildman–Crippen MR) is 110 cm³/mol. The van der Waals surface area contributed by atoms with Gasteiger partial charge in [-0.1, -0.05) is 23.7 Å². The lowest BCUT2D eigenvalue weighted by Gasteiger charge is -2.27. The van der Waals surface area contributed by atoms with Crippen LogP contribution in [0.2, 0.25) is 5.02 Å². The number of aliphatic hydroxyl groups is 1. The van der Waals surface area contributed by atoms with Crippen molar-refractivity contribution in [3.05, 3.63) is 58.6 Å². The minimum absolute atomic E-state index is 0.0340. The summed E-state index contributed by atoms with van der Waals surface area (Å²) in [5.74, 6) is 0.890. The Morgan fingerprint density at radius 1 is 1.19 bits per heavy atom. The normalized spacial score (nSPS) is 25.4. The Bertz CT molecular complexity index is 984. The minimum Gasteiger partial charge on any atom is -0.497 e. The molecule has 0 spiro atoms. The van der Waals surface area contributed by atoms with E-state index in [1.165, 1.54) is 6.07 Å². The molecular weight excluding hydrogens is 433 g/mol. The van der Waals surface area contributed by atoms with Crippen LogP contribution in [0.1, 0.15) is 24.0 Å². The van der Waals surface area contributed by atoms with Crippen molar-refractivity contribution in [3.8, 4) is 5.75 Å². The molecule has 31 heavy (non-hydrogen) atoms. The van der Waals surface area contributed by atoms with Gasteiger partial charge in [0, 0.05) is 18.8 Å². The number of likely N-dealkylation sites (tertiary alicyclic amines) is 1. The molecule has 2 aliphatic rings. The molecule has 3 atom stereocenters. The number of amides is 2. The second-order valence-electron chi connectivity index (χ2n) is 8.22. The molecule has 2 amide bonds. The second kappa shape index (κ2) is 7.91. The van der Waals surface area contributed by atoms with Gasteiger partial charge in [-0.2, -0.15) is 13.2 Å². The maximum atomic E-state index is 13.0. The van der Waals surface area contributed by atoms with E-state index in [4.69, 9.17) is 16.3 Å². The van der Waals surface area contributed by atoms with Gasteiger partial charge in [0.25, 0.3) is 0 Å². The van der Waals surface area contributed by atoms with Gasteiger partial charge in [0.05, 0.1) is 23.3 Å². The third kappa shape index (κ3) is 4.32. The standard InChI is InChI=1S/C22H22ClF3N2O3/c1-31-17-4-2-3-15(7-17)21(30)9-13-11-28(12-14(13)10-21)20(29)27-16-5-6-19(23)18(8-16)22(24,25)26/h2-8,13-14,30H,9-12H2,1H3,(H,27,29)/t13-,14+,21?. The monoisotopic (exact) mass is 454 g/mol. The molecule has 0 aromatic heterocycles. The van der Waals surface area contributed by atoms with Crippen molar-refractivity contribution in [2.24, 2.45) is 11.8 Å². The van der Waals surface area contributed by atoms with Crippen molar-refractivity contribution >= 4 is 23.3 Å². The van der Waals surface area contributed by atoms with Crippen molar-refractivity contribution < 1.29 is 27.8 Å². The topological polar surface area (TPSA) is 61.8 Å². The highest BCUT2D eigenvalue weighted by molar-refractivity contribution is 6.31. The lowest BCUT2D eigenvalue weighted by Crippen LogP contribution is -2.35. The number of carbonyl (C=O) groups is 1. The number of nitrogens with one attached hydrogen (secondary N) is 1. The smallest absolute Gasteiger partial charge is 0.417 e. The molecule has 2 aromatic rings. The molecule has 2 N–H and O–H groups in total. The summed E-state index contributed by atoms with van der Waals surface area (Å²) < 4.78 is 44.4. The summed E-state index contributed by atoms with van der Waals surface area (Å²) in [6.45, 7) is 0.866. The Kier molecular flexibility index (Phi) is 5.55. The van der Waals surface area contributed by atoms with Gasteiger partial charge in [-0.05, 0) is 60.6 Å². The molecule has 2 fully saturated rings. The second-order valence-corrected chi connectivity index (χ2v) is 8.63. The average Bonchev–Trinajstić information content (AvgIpc) is 3.24. The number of hydrogen-bond donors (Lipinski definition) is 2. The first-order chi connectivity index (χ1) is 14.6. The van der Waals surface area contributed by atoms with Crippen LogP contribution in [-0.4, -0.2) is 36.2 Å². The Balaban J connectivity index is 1.41. The van der Waals surface area contributed by atoms with Crippen LogP contribution < -0.4 is 10.1 Å². The van der Waals surface area contributed by atoms with Crippen LogP contribution >= 0.6 is 11.6 Å². The molecule has 1 unspecified atom stereocenters. The third-order valence-electron chi connectivity index (χ3n) is 6.19. The molecule has 5 nitrogen and oxygen atoms in total. The van der Waals surface area contributed by atoms with Crippen LogP contribution in [0.5, 0.6) is 5.75 Å². The molecule has 1 saturated heterocycles. The minimum atomic E-state index is -4.60. The van der Waals surface area contributed by atoms with Crippen LogP contribution in [0.25, 0.3) is 0 Å². The highest BCUT2D eigenvalue weighted by Crippen LogP contribution is 2.49. The fraction of sp³-hybridized carbons (Fsp3) is 0.409. The van der Waals surface area contributed by atoms with Crippen LogP contribution in [0.4, 0.5) is 23.7 Å². The first-order valence-corrected chi connectivity index (χ1v) is 10.3. The van der Waals surface area contributed by atoms with E-state index in [1.807, 2.05) is 24.3 Å². The molecule has 1 aliphatic heterocycles. The Hall–Kier alpha value is -2.45. The van der Waals surface area contributed by atoms with E-state index >= 15 is 0 Å². The van der Waals surface area contributed by atoms with Gasteiger partial charge in [-0.3, -0.25) is 0 Å². The molecule has 166 valence electrons. The number of methoxy groups -OCH3 is 1. The number of urea groups is 1. The molecule has 1 heterocycles. The third-order valence-corrected chi connectivity index (χ3v) is 6.52. The number of nitrogens with zero attached hydrogens (tertiary/aromatic N) is 1. The van der Waals surface area contributed by atoms with Gasteiger partial charge in [0.1, 0.15) is 5.75 Å². The molecule has 0 radical (unpaired) electrons. The lowest BCUT2D eigenvalue weighted by atomic mass is 9.90. The van der Waals surface area contributed by atoms with Gasteiger partial charge in [0.15, 0.2) is 0 Å². The van der Waals surface area contributed by atoms with E-state index in [9.17, 15) is 23.1 Å². The fourth-order valence-corrected chi connectivity index (χ4v) is 4.91. The van der Waals surface area contributed by atoms with E-state index in [0.29, 0.717) is 31.7 Å². The lowest BCUT2D eigenvalue weighted by molar-refractivity contribution is -0.137. The predicted octanol–water partition coefficient (Wildman–Crippen LogP) is 5.13. The maximum Gasteiger partial charge on any atom is 0.417 e. The fourth-order valence-electron chi connectivity index (χ4n) is 4.69. The summed E-state index contributed by atoms with van der Waals surface area (Å²) >= 11 is 5.63. The van der Waals surface area contributed by atoms with Gasteiger partial charge in [-0.25, -0.2) is 4.79 Å². The number of carbonyl (C=O) groups excluding carboxylic acids is 1. The number of halogens is 4. The van der Waals surface area contributed by atoms with E-state index < -0.39 is 28.4 Å². The van der Waals surface area contributed by atoms with E-state index in [-0.39, 0.29) is 17.5 Å². The quantitative estimate of drug-likeness (QED) is 0.676. The summed E-state index contributed by atoms with van der Waals surface area (Å²) in [7, 11) is 1.57. The summed E-state index contributed by atoms with van der Waals surface area (Å²) in [6, 6.07) is 10.2. The molecule has 4 rings (SSSR count). The van der Waals surface area contributed by atoms with E-state index in [0.717, 1.165) is 17.7 Å². The van der Waals surface area contributed by atoms with Crippen molar-refractivity contribution in [2.45, 2.75) is 24.6 Å². The summed E-state index contributed by atoms with van der Waals surface area (Å²) in [4.78, 5) is 14.2. The van der Waals surface area contributed by atoms with Crippen molar-refractivity contribution in [1.82, 2.24) is 4.90 Å². The number of rotatable bonds is 3. The SMILES string of the molecule is COc1cccc(C2(O)C[C@H]3CN(C(=O)Nc4ccc(Cl)c(C(F)(F)F)c4)C[C@H]3C2)c1. The molecular formula is C22H22ClF3N2O3. The number of benzene rings is 2. The first kappa shape index (κ1) is 21.8. The molecule has 1 aliphatic carbocycles. The zero-order valence-electron chi connectivity index (χ0n) is 16.7. The van der Waals surface area contributed by atoms with Gasteiger partial charge in [0.2, 0.25) is 0 Å². The van der Waals surface area contributed by atoms with E-state index in [2.05, 4.69) is 5.32 Å². The number of anilines is 1. The van der Waals surface area contributed by atoms with Crippen LogP contribution in [-0.2, 0) is 11.8 Å². The van der Waals surface area contributed by atoms with Crippen LogP contribution in [0, 0.1) is 11.8 Å². The largest absolute Gasteiger partial charge is 0.497 e. The Morgan fingerprint density at radius 3 is 2.48 bits per heavy atom. The number of alkyl halides is 3. The van der Waals surface area contributed by atoms with Gasteiger partial charge < -0.3 is 20.1 Å². The number of fused-ring (bicyclic) bond motifs is 1.